The molecule has 1 aromatic carbocycles. The van der Waals surface area contributed by atoms with Crippen LogP contribution < -0.4 is 10.1 Å². The molecule has 1 N–H and O–H groups in total. The summed E-state index contributed by atoms with van der Waals surface area (Å²) in [6, 6.07) is 12.9. The molecular formula is C19H19N3O2. The van der Waals surface area contributed by atoms with Gasteiger partial charge in [0.2, 0.25) is 0 Å². The highest BCUT2D eigenvalue weighted by molar-refractivity contribution is 6.05. The second-order valence-electron chi connectivity index (χ2n) is 5.53. The molecule has 0 aliphatic heterocycles. The second kappa shape index (κ2) is 7.08. The molecule has 0 atom stereocenters. The monoisotopic (exact) mass is 321 g/mol. The van der Waals surface area contributed by atoms with Crippen molar-refractivity contribution >= 4 is 22.6 Å². The van der Waals surface area contributed by atoms with E-state index in [4.69, 9.17) is 4.74 Å². The fourth-order valence-electron chi connectivity index (χ4n) is 2.40. The van der Waals surface area contributed by atoms with Gasteiger partial charge < -0.3 is 10.1 Å². The lowest BCUT2D eigenvalue weighted by atomic mass is 10.1. The number of nitrogens with one attached hydrogen (secondary N) is 1. The summed E-state index contributed by atoms with van der Waals surface area (Å²) in [6.45, 7) is 4.56. The molecule has 5 nitrogen and oxygen atoms in total. The lowest BCUT2D eigenvalue weighted by Crippen LogP contribution is -2.15. The van der Waals surface area contributed by atoms with E-state index in [-0.39, 0.29) is 5.91 Å². The number of aryl methyl sites for hydroxylation is 1. The Hall–Kier alpha value is -2.95. The summed E-state index contributed by atoms with van der Waals surface area (Å²) in [5.74, 6) is 0.493. The summed E-state index contributed by atoms with van der Waals surface area (Å²) in [6.07, 6.45) is 2.65. The third kappa shape index (κ3) is 3.51. The Labute approximate surface area is 140 Å². The van der Waals surface area contributed by atoms with Gasteiger partial charge in [0.15, 0.2) is 0 Å². The summed E-state index contributed by atoms with van der Waals surface area (Å²) in [4.78, 5) is 21.3. The van der Waals surface area contributed by atoms with E-state index in [0.29, 0.717) is 23.5 Å². The molecule has 0 unspecified atom stereocenters. The Morgan fingerprint density at radius 3 is 2.88 bits per heavy atom. The standard InChI is InChI=1S/C19H19N3O2/c1-3-10-24-15-7-4-6-14(12-15)21-19(23)18-13(2)11-17-16(22-18)8-5-9-20-17/h4-9,11-12H,3,10H2,1-2H3,(H,21,23). The summed E-state index contributed by atoms with van der Waals surface area (Å²) >= 11 is 0. The molecule has 1 amide bonds. The number of ether oxygens (including phenoxy) is 1. The largest absolute Gasteiger partial charge is 0.494 e. The fourth-order valence-corrected chi connectivity index (χ4v) is 2.40. The molecule has 0 spiro atoms. The van der Waals surface area contributed by atoms with Gasteiger partial charge in [-0.2, -0.15) is 0 Å². The molecule has 0 fully saturated rings. The first kappa shape index (κ1) is 15.9. The van der Waals surface area contributed by atoms with Crippen LogP contribution in [0.5, 0.6) is 5.75 Å². The SMILES string of the molecule is CCCOc1cccc(NC(=O)c2nc3cccnc3cc2C)c1. The van der Waals surface area contributed by atoms with Crippen molar-refractivity contribution in [2.45, 2.75) is 20.3 Å². The second-order valence-corrected chi connectivity index (χ2v) is 5.53. The Kier molecular flexibility index (Phi) is 4.70. The third-order valence-electron chi connectivity index (χ3n) is 3.56. The molecule has 3 rings (SSSR count). The predicted molar refractivity (Wildman–Crippen MR) is 94.5 cm³/mol. The number of aromatic nitrogens is 2. The molecule has 3 aromatic rings. The molecule has 0 radical (unpaired) electrons. The number of nitrogens with zero attached hydrogens (tertiary/aromatic N) is 2. The van der Waals surface area contributed by atoms with Gasteiger partial charge in [0.05, 0.1) is 17.6 Å². The van der Waals surface area contributed by atoms with Crippen molar-refractivity contribution in [3.8, 4) is 5.75 Å². The van der Waals surface area contributed by atoms with E-state index in [9.17, 15) is 4.79 Å². The molecular weight excluding hydrogens is 302 g/mol. The zero-order valence-electron chi connectivity index (χ0n) is 13.7. The number of hydrogen-bond donors (Lipinski definition) is 1. The smallest absolute Gasteiger partial charge is 0.274 e. The van der Waals surface area contributed by atoms with Gasteiger partial charge in [-0.15, -0.1) is 0 Å². The Morgan fingerprint density at radius 2 is 2.04 bits per heavy atom. The van der Waals surface area contributed by atoms with E-state index in [2.05, 4.69) is 22.2 Å². The van der Waals surface area contributed by atoms with Crippen LogP contribution in [0.25, 0.3) is 11.0 Å². The van der Waals surface area contributed by atoms with Gasteiger partial charge in [0, 0.05) is 18.0 Å². The van der Waals surface area contributed by atoms with Crippen LogP contribution in [0.4, 0.5) is 5.69 Å². The Morgan fingerprint density at radius 1 is 1.17 bits per heavy atom. The minimum atomic E-state index is -0.245. The van der Waals surface area contributed by atoms with Gasteiger partial charge in [-0.3, -0.25) is 9.78 Å². The fraction of sp³-hybridized carbons (Fsp3) is 0.211. The van der Waals surface area contributed by atoms with Crippen LogP contribution in [0.1, 0.15) is 29.4 Å². The number of carbonyl (C=O) groups is 1. The first-order chi connectivity index (χ1) is 11.7. The molecule has 2 heterocycles. The van der Waals surface area contributed by atoms with Gasteiger partial charge in [-0.1, -0.05) is 13.0 Å². The van der Waals surface area contributed by atoms with Gasteiger partial charge in [-0.05, 0) is 49.2 Å². The first-order valence-electron chi connectivity index (χ1n) is 7.94. The van der Waals surface area contributed by atoms with E-state index in [1.165, 1.54) is 0 Å². The molecule has 122 valence electrons. The molecule has 0 saturated carbocycles. The number of pyridine rings is 2. The van der Waals surface area contributed by atoms with Gasteiger partial charge in [-0.25, -0.2) is 4.98 Å². The molecule has 24 heavy (non-hydrogen) atoms. The van der Waals surface area contributed by atoms with E-state index in [1.54, 1.807) is 12.3 Å². The highest BCUT2D eigenvalue weighted by atomic mass is 16.5. The summed E-state index contributed by atoms with van der Waals surface area (Å²) in [7, 11) is 0. The molecule has 0 bridgehead atoms. The summed E-state index contributed by atoms with van der Waals surface area (Å²) < 4.78 is 5.59. The number of fused-ring (bicyclic) bond motifs is 1. The van der Waals surface area contributed by atoms with E-state index < -0.39 is 0 Å². The van der Waals surface area contributed by atoms with Crippen molar-refractivity contribution in [2.75, 3.05) is 11.9 Å². The minimum absolute atomic E-state index is 0.245. The van der Waals surface area contributed by atoms with E-state index >= 15 is 0 Å². The normalized spacial score (nSPS) is 10.6. The zero-order valence-corrected chi connectivity index (χ0v) is 13.7. The van der Waals surface area contributed by atoms with Crippen molar-refractivity contribution in [1.82, 2.24) is 9.97 Å². The number of anilines is 1. The van der Waals surface area contributed by atoms with Gasteiger partial charge >= 0.3 is 0 Å². The van der Waals surface area contributed by atoms with Crippen LogP contribution in [0.15, 0.2) is 48.7 Å². The van der Waals surface area contributed by atoms with Gasteiger partial charge in [0.25, 0.3) is 5.91 Å². The number of amides is 1. The summed E-state index contributed by atoms with van der Waals surface area (Å²) in [5, 5.41) is 2.88. The quantitative estimate of drug-likeness (QED) is 0.772. The van der Waals surface area contributed by atoms with Crippen molar-refractivity contribution in [1.29, 1.82) is 0 Å². The molecule has 5 heteroatoms. The maximum Gasteiger partial charge on any atom is 0.274 e. The van der Waals surface area contributed by atoms with Crippen LogP contribution in [0.2, 0.25) is 0 Å². The topological polar surface area (TPSA) is 64.1 Å². The maximum atomic E-state index is 12.6. The maximum absolute atomic E-state index is 12.6. The first-order valence-corrected chi connectivity index (χ1v) is 7.94. The van der Waals surface area contributed by atoms with E-state index in [0.717, 1.165) is 23.3 Å². The predicted octanol–water partition coefficient (Wildman–Crippen LogP) is 3.98. The van der Waals surface area contributed by atoms with Crippen LogP contribution in [-0.4, -0.2) is 22.5 Å². The van der Waals surface area contributed by atoms with Crippen LogP contribution in [0.3, 0.4) is 0 Å². The highest BCUT2D eigenvalue weighted by Gasteiger charge is 2.13. The van der Waals surface area contributed by atoms with Crippen molar-refractivity contribution in [2.24, 2.45) is 0 Å². The Bertz CT molecular complexity index is 877. The zero-order chi connectivity index (χ0) is 16.9. The van der Waals surface area contributed by atoms with Crippen LogP contribution in [-0.2, 0) is 0 Å². The molecule has 2 aromatic heterocycles. The number of benzene rings is 1. The molecule has 0 saturated heterocycles. The lowest BCUT2D eigenvalue weighted by molar-refractivity contribution is 0.102. The van der Waals surface area contributed by atoms with Crippen molar-refractivity contribution in [3.05, 3.63) is 59.9 Å². The average molecular weight is 321 g/mol. The number of rotatable bonds is 5. The van der Waals surface area contributed by atoms with Gasteiger partial charge in [0.1, 0.15) is 11.4 Å². The average Bonchev–Trinajstić information content (AvgIpc) is 2.59. The number of carbonyl (C=O) groups excluding carboxylic acids is 1. The molecule has 0 aliphatic rings. The van der Waals surface area contributed by atoms with Crippen molar-refractivity contribution < 1.29 is 9.53 Å². The number of hydrogen-bond acceptors (Lipinski definition) is 4. The van der Waals surface area contributed by atoms with E-state index in [1.807, 2.05) is 43.3 Å². The highest BCUT2D eigenvalue weighted by Crippen LogP contribution is 2.20. The van der Waals surface area contributed by atoms with Crippen molar-refractivity contribution in [3.63, 3.8) is 0 Å². The summed E-state index contributed by atoms with van der Waals surface area (Å²) in [5.41, 5.74) is 3.35. The Balaban J connectivity index is 1.83. The molecule has 0 aliphatic carbocycles. The third-order valence-corrected chi connectivity index (χ3v) is 3.56. The van der Waals surface area contributed by atoms with Crippen LogP contribution in [0, 0.1) is 6.92 Å². The van der Waals surface area contributed by atoms with Crippen LogP contribution >= 0.6 is 0 Å². The minimum Gasteiger partial charge on any atom is -0.494 e. The lowest BCUT2D eigenvalue weighted by Gasteiger charge is -2.10.